The first-order valence-corrected chi connectivity index (χ1v) is 13.0. The monoisotopic (exact) mass is 536 g/mol. The number of para-hydroxylation sites is 1. The average Bonchev–Trinajstić information content (AvgIpc) is 3.63. The van der Waals surface area contributed by atoms with Crippen LogP contribution in [0.2, 0.25) is 0 Å². The Bertz CT molecular complexity index is 1780. The van der Waals surface area contributed by atoms with E-state index in [1.54, 1.807) is 30.3 Å². The number of ether oxygens (including phenoxy) is 3. The van der Waals surface area contributed by atoms with E-state index in [0.717, 1.165) is 27.6 Å². The van der Waals surface area contributed by atoms with E-state index in [1.165, 1.54) is 6.07 Å². The molecule has 5 aromatic rings. The Labute approximate surface area is 229 Å². The number of fused-ring (bicyclic) bond motifs is 6. The minimum atomic E-state index is -0.562. The summed E-state index contributed by atoms with van der Waals surface area (Å²) in [6, 6.07) is 20.8. The van der Waals surface area contributed by atoms with E-state index < -0.39 is 17.8 Å². The van der Waals surface area contributed by atoms with Gasteiger partial charge < -0.3 is 29.6 Å². The molecule has 2 aliphatic heterocycles. The number of aromatic nitrogens is 1. The predicted molar refractivity (Wildman–Crippen MR) is 148 cm³/mol. The number of aliphatic hydroxyl groups is 1. The van der Waals surface area contributed by atoms with Gasteiger partial charge in [-0.05, 0) is 53.9 Å². The Balaban J connectivity index is 1.29. The zero-order valence-electron chi connectivity index (χ0n) is 21.4. The van der Waals surface area contributed by atoms with Crippen molar-refractivity contribution >= 4 is 16.8 Å². The van der Waals surface area contributed by atoms with E-state index >= 15 is 4.39 Å². The topological polar surface area (TPSA) is 92.8 Å². The second-order valence-corrected chi connectivity index (χ2v) is 9.90. The van der Waals surface area contributed by atoms with Crippen LogP contribution in [-0.4, -0.2) is 35.4 Å². The van der Waals surface area contributed by atoms with Crippen molar-refractivity contribution in [2.24, 2.45) is 0 Å². The maximum absolute atomic E-state index is 15.0. The third-order valence-corrected chi connectivity index (χ3v) is 7.53. The normalized spacial score (nSPS) is 13.8. The van der Waals surface area contributed by atoms with E-state index in [4.69, 9.17) is 14.2 Å². The first kappa shape index (κ1) is 24.2. The van der Waals surface area contributed by atoms with Crippen molar-refractivity contribution in [3.05, 3.63) is 102 Å². The van der Waals surface area contributed by atoms with Crippen LogP contribution < -0.4 is 19.5 Å². The van der Waals surface area contributed by atoms with Crippen molar-refractivity contribution in [1.82, 2.24) is 10.3 Å². The molecule has 0 aliphatic carbocycles. The summed E-state index contributed by atoms with van der Waals surface area (Å²) >= 11 is 0. The van der Waals surface area contributed by atoms with E-state index in [-0.39, 0.29) is 31.1 Å². The van der Waals surface area contributed by atoms with Gasteiger partial charge in [0.1, 0.15) is 18.2 Å². The van der Waals surface area contributed by atoms with Gasteiger partial charge >= 0.3 is 0 Å². The highest BCUT2D eigenvalue weighted by molar-refractivity contribution is 6.03. The first-order valence-electron chi connectivity index (χ1n) is 13.0. The Kier molecular flexibility index (Phi) is 5.90. The zero-order valence-corrected chi connectivity index (χ0v) is 21.4. The fourth-order valence-corrected chi connectivity index (χ4v) is 5.57. The minimum absolute atomic E-state index is 0.136. The number of carbonyl (C=O) groups is 1. The van der Waals surface area contributed by atoms with Crippen molar-refractivity contribution in [3.63, 3.8) is 0 Å². The van der Waals surface area contributed by atoms with Crippen LogP contribution in [0.3, 0.4) is 0 Å². The number of aliphatic hydroxyl groups excluding tert-OH is 1. The molecule has 4 aromatic carbocycles. The van der Waals surface area contributed by atoms with Crippen LogP contribution in [0.4, 0.5) is 4.39 Å². The Hall–Kier alpha value is -4.82. The number of halogens is 1. The van der Waals surface area contributed by atoms with E-state index in [2.05, 4.69) is 10.3 Å². The Morgan fingerprint density at radius 1 is 0.925 bits per heavy atom. The molecule has 7 nitrogen and oxygen atoms in total. The maximum atomic E-state index is 15.0. The minimum Gasteiger partial charge on any atom is -0.488 e. The van der Waals surface area contributed by atoms with Gasteiger partial charge in [-0.2, -0.15) is 0 Å². The Morgan fingerprint density at radius 2 is 1.77 bits per heavy atom. The molecule has 0 bridgehead atoms. The standard InChI is InChI=1S/C32H25FN2O5/c33-27-7-3-1-6-22(27)23-13-30-24(21-9-10-29-31(40-17-39-29)26(21)16-38-30)12-25(23)32(37)35-19(15-36)11-18-14-34-28-8-4-2-5-20(18)28/h1-10,12-14,19,34,36H,11,15-17H2,(H,35,37)/t19-/m1/s1. The molecular weight excluding hydrogens is 511 g/mol. The molecule has 0 spiro atoms. The fraction of sp³-hybridized carbons (Fsp3) is 0.156. The molecule has 0 fully saturated rings. The first-order chi connectivity index (χ1) is 19.6. The molecule has 1 atom stereocenters. The van der Waals surface area contributed by atoms with Gasteiger partial charge in [0.2, 0.25) is 6.79 Å². The van der Waals surface area contributed by atoms with Crippen LogP contribution in [0.25, 0.3) is 33.2 Å². The molecule has 1 aromatic heterocycles. The largest absolute Gasteiger partial charge is 0.488 e. The zero-order chi connectivity index (χ0) is 27.2. The van der Waals surface area contributed by atoms with Crippen LogP contribution in [0.5, 0.6) is 17.2 Å². The third kappa shape index (κ3) is 4.04. The molecule has 3 heterocycles. The lowest BCUT2D eigenvalue weighted by Crippen LogP contribution is -2.39. The summed E-state index contributed by atoms with van der Waals surface area (Å²) in [5.41, 5.74) is 5.31. The lowest BCUT2D eigenvalue weighted by molar-refractivity contribution is 0.0917. The molecule has 0 radical (unpaired) electrons. The molecule has 0 saturated heterocycles. The van der Waals surface area contributed by atoms with Crippen molar-refractivity contribution in [3.8, 4) is 39.5 Å². The molecule has 200 valence electrons. The van der Waals surface area contributed by atoms with Gasteiger partial charge in [0, 0.05) is 44.9 Å². The number of rotatable bonds is 6. The SMILES string of the molecule is O=C(N[C@@H](CO)Cc1c[nH]c2ccccc12)c1cc2c(cc1-c1ccccc1F)OCc1c-2ccc2c1OCO2. The fourth-order valence-electron chi connectivity index (χ4n) is 5.57. The van der Waals surface area contributed by atoms with Crippen LogP contribution in [-0.2, 0) is 13.0 Å². The number of hydrogen-bond donors (Lipinski definition) is 3. The summed E-state index contributed by atoms with van der Waals surface area (Å²) in [7, 11) is 0. The molecule has 0 saturated carbocycles. The smallest absolute Gasteiger partial charge is 0.252 e. The number of hydrogen-bond acceptors (Lipinski definition) is 5. The van der Waals surface area contributed by atoms with Crippen molar-refractivity contribution in [2.45, 2.75) is 19.1 Å². The van der Waals surface area contributed by atoms with Crippen molar-refractivity contribution in [2.75, 3.05) is 13.4 Å². The van der Waals surface area contributed by atoms with Crippen LogP contribution >= 0.6 is 0 Å². The van der Waals surface area contributed by atoms with Crippen LogP contribution in [0.15, 0.2) is 79.0 Å². The van der Waals surface area contributed by atoms with E-state index in [0.29, 0.717) is 34.8 Å². The van der Waals surface area contributed by atoms with Gasteiger partial charge in [0.25, 0.3) is 5.91 Å². The predicted octanol–water partition coefficient (Wildman–Crippen LogP) is 5.60. The Morgan fingerprint density at radius 3 is 2.65 bits per heavy atom. The number of amides is 1. The van der Waals surface area contributed by atoms with Gasteiger partial charge in [-0.25, -0.2) is 4.39 Å². The number of carbonyl (C=O) groups excluding carboxylic acids is 1. The molecule has 7 rings (SSSR count). The number of benzene rings is 4. The summed E-state index contributed by atoms with van der Waals surface area (Å²) in [4.78, 5) is 17.1. The van der Waals surface area contributed by atoms with Crippen molar-refractivity contribution < 1.29 is 28.5 Å². The summed E-state index contributed by atoms with van der Waals surface area (Å²) in [5.74, 6) is 0.946. The van der Waals surface area contributed by atoms with Gasteiger partial charge in [0.05, 0.1) is 12.6 Å². The van der Waals surface area contributed by atoms with Crippen LogP contribution in [0.1, 0.15) is 21.5 Å². The molecule has 8 heteroatoms. The quantitative estimate of drug-likeness (QED) is 0.263. The molecule has 1 amide bonds. The number of nitrogens with one attached hydrogen (secondary N) is 2. The average molecular weight is 537 g/mol. The molecule has 3 N–H and O–H groups in total. The van der Waals surface area contributed by atoms with Crippen LogP contribution in [0, 0.1) is 5.82 Å². The van der Waals surface area contributed by atoms with Gasteiger partial charge in [-0.15, -0.1) is 0 Å². The molecule has 2 aliphatic rings. The number of H-pyrrole nitrogens is 1. The molecule has 0 unspecified atom stereocenters. The summed E-state index contributed by atoms with van der Waals surface area (Å²) in [5, 5.41) is 14.2. The summed E-state index contributed by atoms with van der Waals surface area (Å²) in [6.45, 7) is 0.131. The van der Waals surface area contributed by atoms with E-state index in [1.807, 2.05) is 42.6 Å². The highest BCUT2D eigenvalue weighted by atomic mass is 19.1. The summed E-state index contributed by atoms with van der Waals surface area (Å²) < 4.78 is 32.3. The molecular formula is C32H25FN2O5. The van der Waals surface area contributed by atoms with E-state index in [9.17, 15) is 9.90 Å². The highest BCUT2D eigenvalue weighted by Gasteiger charge is 2.29. The van der Waals surface area contributed by atoms with Crippen molar-refractivity contribution in [1.29, 1.82) is 0 Å². The second-order valence-electron chi connectivity index (χ2n) is 9.90. The maximum Gasteiger partial charge on any atom is 0.252 e. The lowest BCUT2D eigenvalue weighted by Gasteiger charge is -2.25. The lowest BCUT2D eigenvalue weighted by atomic mass is 9.89. The second kappa shape index (κ2) is 9.73. The van der Waals surface area contributed by atoms with Gasteiger partial charge in [0.15, 0.2) is 11.5 Å². The highest BCUT2D eigenvalue weighted by Crippen LogP contribution is 2.48. The number of aromatic amines is 1. The van der Waals surface area contributed by atoms with Gasteiger partial charge in [-0.3, -0.25) is 4.79 Å². The summed E-state index contributed by atoms with van der Waals surface area (Å²) in [6.07, 6.45) is 2.31. The van der Waals surface area contributed by atoms with Gasteiger partial charge in [-0.1, -0.05) is 36.4 Å². The molecule has 40 heavy (non-hydrogen) atoms. The third-order valence-electron chi connectivity index (χ3n) is 7.53.